The molecule has 9 heteroatoms. The number of pyridine rings is 2. The average Bonchev–Trinajstić information content (AvgIpc) is 3.92. The highest BCUT2D eigenvalue weighted by Gasteiger charge is 2.32. The van der Waals surface area contributed by atoms with Crippen molar-refractivity contribution < 1.29 is 13.2 Å². The standard InChI is InChI=1S/C61H35F3N6/c1-66-45-31-42(30-44(36-45)61(62,63)64)43-34-59(69-55-24-10-8-18-46(55)48-28-26-40(32-57(48)69)53-22-12-20-51(67-53)38-14-4-2-5-15-38)50(37-65)60(35-43)70-56-25-11-9-19-47(56)49-29-27-41(33-58(49)70)54-23-13-21-52(68-54)39-16-6-3-7-17-39/h2-36H. The molecule has 0 atom stereocenters. The number of nitrogens with zero attached hydrogens (tertiary/aromatic N) is 6. The first-order chi connectivity index (χ1) is 34.2. The van der Waals surface area contributed by atoms with Gasteiger partial charge in [-0.1, -0.05) is 133 Å². The molecule has 0 aliphatic rings. The number of aromatic nitrogens is 4. The third kappa shape index (κ3) is 7.13. The van der Waals surface area contributed by atoms with Gasteiger partial charge >= 0.3 is 6.18 Å². The molecule has 330 valence electrons. The van der Waals surface area contributed by atoms with Crippen LogP contribution < -0.4 is 0 Å². The molecule has 8 aromatic carbocycles. The normalized spacial score (nSPS) is 11.6. The Kier molecular flexibility index (Phi) is 9.94. The molecule has 0 fully saturated rings. The predicted molar refractivity (Wildman–Crippen MR) is 274 cm³/mol. The van der Waals surface area contributed by atoms with Gasteiger partial charge in [0.05, 0.1) is 62.8 Å². The number of rotatable bonds is 7. The Hall–Kier alpha value is -9.57. The van der Waals surface area contributed by atoms with Crippen LogP contribution in [0.2, 0.25) is 0 Å². The van der Waals surface area contributed by atoms with E-state index < -0.39 is 11.7 Å². The van der Waals surface area contributed by atoms with Crippen molar-refractivity contribution in [3.63, 3.8) is 0 Å². The Morgan fingerprint density at radius 3 is 1.30 bits per heavy atom. The van der Waals surface area contributed by atoms with Crippen molar-refractivity contribution in [3.8, 4) is 73.6 Å². The molecule has 12 rings (SSSR count). The number of benzene rings is 8. The molecule has 0 unspecified atom stereocenters. The molecular weight excluding hydrogens is 874 g/mol. The van der Waals surface area contributed by atoms with E-state index in [2.05, 4.69) is 35.2 Å². The van der Waals surface area contributed by atoms with E-state index in [1.54, 1.807) is 12.1 Å². The zero-order valence-corrected chi connectivity index (χ0v) is 37.0. The summed E-state index contributed by atoms with van der Waals surface area (Å²) in [5.74, 6) is 0. The monoisotopic (exact) mass is 908 g/mol. The van der Waals surface area contributed by atoms with Gasteiger partial charge < -0.3 is 9.13 Å². The second kappa shape index (κ2) is 16.6. The number of nitriles is 1. The Morgan fingerprint density at radius 1 is 0.414 bits per heavy atom. The molecule has 0 saturated heterocycles. The van der Waals surface area contributed by atoms with Gasteiger partial charge in [0, 0.05) is 49.4 Å². The number of para-hydroxylation sites is 2. The number of hydrogen-bond acceptors (Lipinski definition) is 3. The third-order valence-corrected chi connectivity index (χ3v) is 13.0. The molecule has 70 heavy (non-hydrogen) atoms. The van der Waals surface area contributed by atoms with E-state index in [9.17, 15) is 18.4 Å². The fraction of sp³-hybridized carbons (Fsp3) is 0.0164. The molecular formula is C61H35F3N6. The predicted octanol–water partition coefficient (Wildman–Crippen LogP) is 16.4. The molecule has 0 radical (unpaired) electrons. The summed E-state index contributed by atoms with van der Waals surface area (Å²) in [5, 5.41) is 15.3. The molecule has 6 nitrogen and oxygen atoms in total. The summed E-state index contributed by atoms with van der Waals surface area (Å²) < 4.78 is 48.0. The van der Waals surface area contributed by atoms with Crippen molar-refractivity contribution >= 4 is 49.3 Å². The van der Waals surface area contributed by atoms with Gasteiger partial charge in [0.15, 0.2) is 5.69 Å². The zero-order chi connectivity index (χ0) is 47.5. The van der Waals surface area contributed by atoms with Gasteiger partial charge in [-0.25, -0.2) is 14.8 Å². The number of halogens is 3. The van der Waals surface area contributed by atoms with Crippen LogP contribution in [0.3, 0.4) is 0 Å². The molecule has 0 N–H and O–H groups in total. The fourth-order valence-corrected chi connectivity index (χ4v) is 9.76. The third-order valence-electron chi connectivity index (χ3n) is 13.0. The van der Waals surface area contributed by atoms with Crippen LogP contribution in [0.4, 0.5) is 18.9 Å². The van der Waals surface area contributed by atoms with Crippen molar-refractivity contribution in [2.75, 3.05) is 0 Å². The lowest BCUT2D eigenvalue weighted by molar-refractivity contribution is -0.137. The maximum atomic E-state index is 14.7. The maximum Gasteiger partial charge on any atom is 0.415 e. The molecule has 0 aliphatic heterocycles. The molecule has 0 aliphatic carbocycles. The van der Waals surface area contributed by atoms with Crippen LogP contribution in [-0.2, 0) is 6.18 Å². The van der Waals surface area contributed by atoms with Crippen molar-refractivity contribution in [2.24, 2.45) is 0 Å². The maximum absolute atomic E-state index is 14.7. The van der Waals surface area contributed by atoms with Crippen molar-refractivity contribution in [1.29, 1.82) is 5.26 Å². The van der Waals surface area contributed by atoms with Gasteiger partial charge in [0.1, 0.15) is 11.6 Å². The van der Waals surface area contributed by atoms with Crippen LogP contribution in [0.25, 0.3) is 116 Å². The van der Waals surface area contributed by atoms with Gasteiger partial charge in [0.25, 0.3) is 0 Å². The SMILES string of the molecule is [C-]#[N+]c1cc(-c2cc(-n3c4ccccc4c4ccc(-c5cccc(-c6ccccc6)n5)cc43)c(C#N)c(-n3c4ccccc4c4ccc(-c5cccc(-c6ccccc6)n5)cc43)c2)cc(C(F)(F)F)c1. The number of alkyl halides is 3. The van der Waals surface area contributed by atoms with E-state index in [4.69, 9.17) is 16.5 Å². The highest BCUT2D eigenvalue weighted by Crippen LogP contribution is 2.43. The Balaban J connectivity index is 1.16. The second-order valence-corrected chi connectivity index (χ2v) is 17.1. The topological polar surface area (TPSA) is 63.8 Å². The van der Waals surface area contributed by atoms with Gasteiger partial charge in [-0.3, -0.25) is 0 Å². The second-order valence-electron chi connectivity index (χ2n) is 17.1. The minimum Gasteiger partial charge on any atom is -0.308 e. The summed E-state index contributed by atoms with van der Waals surface area (Å²) >= 11 is 0. The Morgan fingerprint density at radius 2 is 0.843 bits per heavy atom. The average molecular weight is 909 g/mol. The van der Waals surface area contributed by atoms with Crippen molar-refractivity contribution in [2.45, 2.75) is 6.18 Å². The van der Waals surface area contributed by atoms with E-state index in [1.807, 2.05) is 167 Å². The van der Waals surface area contributed by atoms with Gasteiger partial charge in [-0.05, 0) is 90.0 Å². The van der Waals surface area contributed by atoms with E-state index in [0.717, 1.165) is 101 Å². The molecule has 4 heterocycles. The highest BCUT2D eigenvalue weighted by molar-refractivity contribution is 6.12. The number of fused-ring (bicyclic) bond motifs is 6. The van der Waals surface area contributed by atoms with Crippen molar-refractivity contribution in [1.82, 2.24) is 19.1 Å². The van der Waals surface area contributed by atoms with E-state index >= 15 is 0 Å². The van der Waals surface area contributed by atoms with E-state index in [0.29, 0.717) is 16.9 Å². The first-order valence-electron chi connectivity index (χ1n) is 22.6. The first kappa shape index (κ1) is 41.8. The lowest BCUT2D eigenvalue weighted by Gasteiger charge is -2.19. The minimum atomic E-state index is -4.72. The van der Waals surface area contributed by atoms with E-state index in [1.165, 1.54) is 6.07 Å². The first-order valence-corrected chi connectivity index (χ1v) is 22.6. The van der Waals surface area contributed by atoms with Gasteiger partial charge in [-0.2, -0.15) is 18.4 Å². The number of hydrogen-bond donors (Lipinski definition) is 0. The van der Waals surface area contributed by atoms with Gasteiger partial charge in [-0.15, -0.1) is 0 Å². The smallest absolute Gasteiger partial charge is 0.308 e. The summed E-state index contributed by atoms with van der Waals surface area (Å²) in [6, 6.07) is 69.5. The van der Waals surface area contributed by atoms with Crippen LogP contribution >= 0.6 is 0 Å². The Labute approximate surface area is 399 Å². The van der Waals surface area contributed by atoms with Crippen LogP contribution in [0.15, 0.2) is 212 Å². The lowest BCUT2D eigenvalue weighted by atomic mass is 9.97. The summed E-state index contributed by atoms with van der Waals surface area (Å²) in [4.78, 5) is 13.6. The van der Waals surface area contributed by atoms with Crippen molar-refractivity contribution in [3.05, 3.63) is 235 Å². The zero-order valence-electron chi connectivity index (χ0n) is 37.0. The molecule has 12 aromatic rings. The molecule has 0 bridgehead atoms. The summed E-state index contributed by atoms with van der Waals surface area (Å²) in [6.45, 7) is 7.84. The minimum absolute atomic E-state index is 0.157. The summed E-state index contributed by atoms with van der Waals surface area (Å²) in [7, 11) is 0. The highest BCUT2D eigenvalue weighted by atomic mass is 19.4. The van der Waals surface area contributed by atoms with E-state index in [-0.39, 0.29) is 16.8 Å². The largest absolute Gasteiger partial charge is 0.415 e. The lowest BCUT2D eigenvalue weighted by Crippen LogP contribution is -2.06. The molecule has 0 amide bonds. The fourth-order valence-electron chi connectivity index (χ4n) is 9.76. The summed E-state index contributed by atoms with van der Waals surface area (Å²) in [6.07, 6.45) is -4.72. The van der Waals surface area contributed by atoms with Crippen LogP contribution in [0, 0.1) is 17.9 Å². The molecule has 0 saturated carbocycles. The van der Waals surface area contributed by atoms with Crippen LogP contribution in [0.5, 0.6) is 0 Å². The quantitative estimate of drug-likeness (QED) is 0.150. The van der Waals surface area contributed by atoms with Crippen LogP contribution in [0.1, 0.15) is 11.1 Å². The summed E-state index contributed by atoms with van der Waals surface area (Å²) in [5.41, 5.74) is 10.5. The van der Waals surface area contributed by atoms with Crippen LogP contribution in [-0.4, -0.2) is 19.1 Å². The molecule has 0 spiro atoms. The van der Waals surface area contributed by atoms with Gasteiger partial charge in [0.2, 0.25) is 0 Å². The Bertz CT molecular complexity index is 3920. The molecule has 4 aromatic heterocycles.